The fourth-order valence-corrected chi connectivity index (χ4v) is 1.66. The summed E-state index contributed by atoms with van der Waals surface area (Å²) >= 11 is 0. The SMILES string of the molecule is CC(C)[C@@H](N)C(=O)NCC(=O)N1CCCC1. The number of hydrogen-bond donors (Lipinski definition) is 2. The molecular weight excluding hydrogens is 206 g/mol. The number of nitrogens with one attached hydrogen (secondary N) is 1. The lowest BCUT2D eigenvalue weighted by Gasteiger charge is -2.18. The van der Waals surface area contributed by atoms with Crippen molar-refractivity contribution in [1.29, 1.82) is 0 Å². The van der Waals surface area contributed by atoms with Gasteiger partial charge >= 0.3 is 0 Å². The van der Waals surface area contributed by atoms with Crippen LogP contribution in [-0.2, 0) is 9.59 Å². The molecular formula is C11H21N3O2. The zero-order chi connectivity index (χ0) is 12.1. The summed E-state index contributed by atoms with van der Waals surface area (Å²) in [6.07, 6.45) is 2.12. The molecule has 16 heavy (non-hydrogen) atoms. The summed E-state index contributed by atoms with van der Waals surface area (Å²) in [5.74, 6) is -0.175. The first-order valence-corrected chi connectivity index (χ1v) is 5.83. The highest BCUT2D eigenvalue weighted by atomic mass is 16.2. The Morgan fingerprint density at radius 3 is 2.38 bits per heavy atom. The van der Waals surface area contributed by atoms with Gasteiger partial charge in [0, 0.05) is 13.1 Å². The highest BCUT2D eigenvalue weighted by Crippen LogP contribution is 2.06. The van der Waals surface area contributed by atoms with E-state index in [0.717, 1.165) is 25.9 Å². The standard InChI is InChI=1S/C11H21N3O2/c1-8(2)10(12)11(16)13-7-9(15)14-5-3-4-6-14/h8,10H,3-7,12H2,1-2H3,(H,13,16)/t10-/m1/s1. The van der Waals surface area contributed by atoms with E-state index >= 15 is 0 Å². The van der Waals surface area contributed by atoms with E-state index in [1.54, 1.807) is 4.90 Å². The summed E-state index contributed by atoms with van der Waals surface area (Å²) in [5, 5.41) is 2.59. The molecule has 5 heteroatoms. The third-order valence-corrected chi connectivity index (χ3v) is 2.89. The van der Waals surface area contributed by atoms with Crippen LogP contribution in [0.25, 0.3) is 0 Å². The molecule has 1 atom stereocenters. The van der Waals surface area contributed by atoms with Gasteiger partial charge in [0.05, 0.1) is 12.6 Å². The molecule has 0 bridgehead atoms. The van der Waals surface area contributed by atoms with Crippen LogP contribution in [0.15, 0.2) is 0 Å². The van der Waals surface area contributed by atoms with E-state index < -0.39 is 6.04 Å². The lowest BCUT2D eigenvalue weighted by Crippen LogP contribution is -2.47. The second-order valence-electron chi connectivity index (χ2n) is 4.58. The van der Waals surface area contributed by atoms with E-state index in [1.807, 2.05) is 13.8 Å². The molecule has 0 radical (unpaired) electrons. The molecule has 92 valence electrons. The van der Waals surface area contributed by atoms with Crippen molar-refractivity contribution < 1.29 is 9.59 Å². The number of nitrogens with zero attached hydrogens (tertiary/aromatic N) is 1. The van der Waals surface area contributed by atoms with Gasteiger partial charge in [0.2, 0.25) is 11.8 Å². The number of hydrogen-bond acceptors (Lipinski definition) is 3. The van der Waals surface area contributed by atoms with E-state index in [1.165, 1.54) is 0 Å². The van der Waals surface area contributed by atoms with Crippen LogP contribution in [0.3, 0.4) is 0 Å². The molecule has 0 saturated carbocycles. The van der Waals surface area contributed by atoms with Crippen LogP contribution < -0.4 is 11.1 Å². The van der Waals surface area contributed by atoms with Gasteiger partial charge < -0.3 is 16.0 Å². The Labute approximate surface area is 96.4 Å². The maximum Gasteiger partial charge on any atom is 0.241 e. The quantitative estimate of drug-likeness (QED) is 0.693. The summed E-state index contributed by atoms with van der Waals surface area (Å²) in [6.45, 7) is 5.45. The van der Waals surface area contributed by atoms with Crippen molar-refractivity contribution in [2.75, 3.05) is 19.6 Å². The van der Waals surface area contributed by atoms with E-state index in [9.17, 15) is 9.59 Å². The molecule has 0 aliphatic carbocycles. The summed E-state index contributed by atoms with van der Waals surface area (Å²) in [6, 6.07) is -0.536. The number of rotatable bonds is 4. The van der Waals surface area contributed by atoms with E-state index in [-0.39, 0.29) is 24.3 Å². The summed E-state index contributed by atoms with van der Waals surface area (Å²) < 4.78 is 0. The smallest absolute Gasteiger partial charge is 0.241 e. The molecule has 3 N–H and O–H groups in total. The monoisotopic (exact) mass is 227 g/mol. The number of carbonyl (C=O) groups excluding carboxylic acids is 2. The van der Waals surface area contributed by atoms with Gasteiger partial charge in [0.1, 0.15) is 0 Å². The second-order valence-corrected chi connectivity index (χ2v) is 4.58. The van der Waals surface area contributed by atoms with Crippen molar-refractivity contribution in [3.8, 4) is 0 Å². The maximum absolute atomic E-state index is 11.6. The van der Waals surface area contributed by atoms with Crippen molar-refractivity contribution >= 4 is 11.8 Å². The van der Waals surface area contributed by atoms with Gasteiger partial charge in [-0.3, -0.25) is 9.59 Å². The van der Waals surface area contributed by atoms with Crippen LogP contribution in [0.2, 0.25) is 0 Å². The van der Waals surface area contributed by atoms with Gasteiger partial charge in [-0.2, -0.15) is 0 Å². The van der Waals surface area contributed by atoms with Gasteiger partial charge in [-0.15, -0.1) is 0 Å². The zero-order valence-corrected chi connectivity index (χ0v) is 10.0. The summed E-state index contributed by atoms with van der Waals surface area (Å²) in [7, 11) is 0. The van der Waals surface area contributed by atoms with Gasteiger partial charge in [-0.1, -0.05) is 13.8 Å². The summed E-state index contributed by atoms with van der Waals surface area (Å²) in [5.41, 5.74) is 5.66. The Hall–Kier alpha value is -1.10. The Kier molecular flexibility index (Phi) is 4.73. The van der Waals surface area contributed by atoms with Crippen LogP contribution in [0.1, 0.15) is 26.7 Å². The predicted molar refractivity (Wildman–Crippen MR) is 61.6 cm³/mol. The van der Waals surface area contributed by atoms with Gasteiger partial charge in [0.15, 0.2) is 0 Å². The van der Waals surface area contributed by atoms with Crippen molar-refractivity contribution in [2.24, 2.45) is 11.7 Å². The lowest BCUT2D eigenvalue weighted by atomic mass is 10.1. The highest BCUT2D eigenvalue weighted by molar-refractivity contribution is 5.87. The zero-order valence-electron chi connectivity index (χ0n) is 10.0. The van der Waals surface area contributed by atoms with E-state index in [4.69, 9.17) is 5.73 Å². The Morgan fingerprint density at radius 1 is 1.31 bits per heavy atom. The summed E-state index contributed by atoms with van der Waals surface area (Å²) in [4.78, 5) is 24.9. The average Bonchev–Trinajstić information content (AvgIpc) is 2.77. The molecule has 0 unspecified atom stereocenters. The molecule has 1 heterocycles. The first kappa shape index (κ1) is 13.0. The predicted octanol–water partition coefficient (Wildman–Crippen LogP) is -0.292. The Bertz CT molecular complexity index is 246. The van der Waals surface area contributed by atoms with Gasteiger partial charge in [-0.05, 0) is 18.8 Å². The first-order chi connectivity index (χ1) is 7.52. The molecule has 0 aromatic carbocycles. The third-order valence-electron chi connectivity index (χ3n) is 2.89. The molecule has 1 aliphatic heterocycles. The second kappa shape index (κ2) is 5.84. The minimum atomic E-state index is -0.536. The molecule has 1 fully saturated rings. The number of likely N-dealkylation sites (tertiary alicyclic amines) is 1. The molecule has 1 aliphatic rings. The van der Waals surface area contributed by atoms with Crippen LogP contribution >= 0.6 is 0 Å². The molecule has 2 amide bonds. The van der Waals surface area contributed by atoms with E-state index in [2.05, 4.69) is 5.32 Å². The van der Waals surface area contributed by atoms with Crippen LogP contribution in [0.4, 0.5) is 0 Å². The molecule has 1 saturated heterocycles. The minimum Gasteiger partial charge on any atom is -0.346 e. The fraction of sp³-hybridized carbons (Fsp3) is 0.818. The average molecular weight is 227 g/mol. The topological polar surface area (TPSA) is 75.4 Å². The van der Waals surface area contributed by atoms with E-state index in [0.29, 0.717) is 0 Å². The number of amides is 2. The number of nitrogens with two attached hydrogens (primary N) is 1. The van der Waals surface area contributed by atoms with Crippen molar-refractivity contribution in [2.45, 2.75) is 32.7 Å². The third kappa shape index (κ3) is 3.48. The van der Waals surface area contributed by atoms with Crippen LogP contribution in [0.5, 0.6) is 0 Å². The fourth-order valence-electron chi connectivity index (χ4n) is 1.66. The lowest BCUT2D eigenvalue weighted by molar-refractivity contribution is -0.132. The highest BCUT2D eigenvalue weighted by Gasteiger charge is 2.21. The normalized spacial score (nSPS) is 17.6. The number of carbonyl (C=O) groups is 2. The minimum absolute atomic E-state index is 0.0122. The van der Waals surface area contributed by atoms with Crippen LogP contribution in [0, 0.1) is 5.92 Å². The largest absolute Gasteiger partial charge is 0.346 e. The molecule has 0 spiro atoms. The van der Waals surface area contributed by atoms with Gasteiger partial charge in [0.25, 0.3) is 0 Å². The van der Waals surface area contributed by atoms with Crippen molar-refractivity contribution in [3.63, 3.8) is 0 Å². The maximum atomic E-state index is 11.6. The first-order valence-electron chi connectivity index (χ1n) is 5.83. The molecule has 0 aromatic heterocycles. The van der Waals surface area contributed by atoms with Gasteiger partial charge in [-0.25, -0.2) is 0 Å². The van der Waals surface area contributed by atoms with Crippen LogP contribution in [-0.4, -0.2) is 42.4 Å². The van der Waals surface area contributed by atoms with Crippen molar-refractivity contribution in [3.05, 3.63) is 0 Å². The Balaban J connectivity index is 2.28. The molecule has 0 aromatic rings. The molecule has 5 nitrogen and oxygen atoms in total. The Morgan fingerprint density at radius 2 is 1.88 bits per heavy atom. The van der Waals surface area contributed by atoms with Crippen molar-refractivity contribution in [1.82, 2.24) is 10.2 Å². The molecule has 1 rings (SSSR count).